The van der Waals surface area contributed by atoms with Crippen molar-refractivity contribution in [1.29, 1.82) is 0 Å². The molecule has 0 amide bonds. The monoisotopic (exact) mass is 682 g/mol. The Kier molecular flexibility index (Phi) is 25.2. The quantitative estimate of drug-likeness (QED) is 0.207. The van der Waals surface area contributed by atoms with E-state index in [-0.39, 0.29) is 56.9 Å². The van der Waals surface area contributed by atoms with E-state index in [2.05, 4.69) is 102 Å². The van der Waals surface area contributed by atoms with Gasteiger partial charge in [0.25, 0.3) is 0 Å². The Labute approximate surface area is 285 Å². The first kappa shape index (κ1) is 51.6. The summed E-state index contributed by atoms with van der Waals surface area (Å²) >= 11 is 0.194. The van der Waals surface area contributed by atoms with Gasteiger partial charge in [-0.15, -0.1) is 0 Å². The van der Waals surface area contributed by atoms with Gasteiger partial charge in [0.1, 0.15) is 0 Å². The van der Waals surface area contributed by atoms with Gasteiger partial charge in [-0.1, -0.05) is 83.1 Å². The van der Waals surface area contributed by atoms with Gasteiger partial charge in [0.15, 0.2) is 0 Å². The van der Waals surface area contributed by atoms with Crippen molar-refractivity contribution in [3.8, 4) is 0 Å². The summed E-state index contributed by atoms with van der Waals surface area (Å²) in [7, 11) is 9.53. The Balaban J connectivity index is -0.000000145. The van der Waals surface area contributed by atoms with E-state index in [9.17, 15) is 0 Å². The molecule has 0 spiro atoms. The second-order valence-electron chi connectivity index (χ2n) is 18.7. The van der Waals surface area contributed by atoms with Crippen molar-refractivity contribution in [2.75, 3.05) is 0 Å². The fraction of sp³-hybridized carbons (Fsp3) is 0.889. The Morgan fingerprint density at radius 1 is 0.349 bits per heavy atom. The molecule has 0 atom stereocenters. The SMILES string of the molecule is [C-]#[N+]C(C)(C)CC(C)(C)C.[C-]#[N+]C(C)(C)CC(C)(C)C.[C-]#[N+]C(C)(C)CC(C)(C)C.[C-]#[N+]C(C)(C)CC(C)(C)C.[Cl][Fe][Cl]. The number of halogens is 2. The molecule has 0 radical (unpaired) electrons. The molecule has 0 fully saturated rings. The standard InChI is InChI=1S/4C9H17N.2ClH.Fe/c4*1-8(2,3)7-9(4,5)10-6;;;/h4*7H2,1-5H3;2*1H;/q;;;;;;+2/p-2. The van der Waals surface area contributed by atoms with E-state index in [0.29, 0.717) is 0 Å². The van der Waals surface area contributed by atoms with E-state index in [0.717, 1.165) is 25.7 Å². The van der Waals surface area contributed by atoms with Gasteiger partial charge in [0.05, 0.1) is 0 Å². The van der Waals surface area contributed by atoms with Gasteiger partial charge in [-0.2, -0.15) is 0 Å². The molecule has 254 valence electrons. The minimum atomic E-state index is -0.182. The molecule has 7 heteroatoms. The molecule has 0 aromatic rings. The summed E-state index contributed by atoms with van der Waals surface area (Å²) in [4.78, 5) is 14.2. The zero-order valence-corrected chi connectivity index (χ0v) is 34.3. The van der Waals surface area contributed by atoms with Crippen molar-refractivity contribution in [2.24, 2.45) is 21.7 Å². The molecule has 0 heterocycles. The van der Waals surface area contributed by atoms with Crippen LogP contribution in [-0.2, 0) is 13.1 Å². The first-order chi connectivity index (χ1) is 18.5. The number of hydrogen-bond donors (Lipinski definition) is 0. The Hall–Kier alpha value is -0.941. The molecule has 0 aliphatic heterocycles. The fourth-order valence-corrected chi connectivity index (χ4v) is 5.35. The molecule has 4 nitrogen and oxygen atoms in total. The van der Waals surface area contributed by atoms with Crippen LogP contribution in [0.25, 0.3) is 19.4 Å². The van der Waals surface area contributed by atoms with Crippen molar-refractivity contribution in [1.82, 2.24) is 0 Å². The van der Waals surface area contributed by atoms with E-state index < -0.39 is 0 Å². The predicted octanol–water partition coefficient (Wildman–Crippen LogP) is 13.9. The summed E-state index contributed by atoms with van der Waals surface area (Å²) in [6.07, 6.45) is 3.85. The first-order valence-electron chi connectivity index (χ1n) is 14.9. The average Bonchev–Trinajstić information content (AvgIpc) is 2.69. The molecule has 0 saturated carbocycles. The summed E-state index contributed by atoms with van der Waals surface area (Å²) in [6.45, 7) is 69.6. The first-order valence-corrected chi connectivity index (χ1v) is 17.9. The van der Waals surface area contributed by atoms with E-state index in [1.165, 1.54) is 0 Å². The van der Waals surface area contributed by atoms with Crippen molar-refractivity contribution in [3.05, 3.63) is 45.7 Å². The van der Waals surface area contributed by atoms with E-state index >= 15 is 0 Å². The van der Waals surface area contributed by atoms with Crippen LogP contribution >= 0.6 is 20.2 Å². The van der Waals surface area contributed by atoms with Crippen LogP contribution in [0.15, 0.2) is 0 Å². The van der Waals surface area contributed by atoms with Crippen LogP contribution in [0, 0.1) is 47.9 Å². The molecular formula is C36H68Cl2FeN4. The predicted molar refractivity (Wildman–Crippen MR) is 191 cm³/mol. The normalized spacial score (nSPS) is 12.4. The summed E-state index contributed by atoms with van der Waals surface area (Å²) in [5, 5.41) is 0. The van der Waals surface area contributed by atoms with Crippen molar-refractivity contribution in [3.63, 3.8) is 0 Å². The van der Waals surface area contributed by atoms with Gasteiger partial charge >= 0.3 is 33.3 Å². The van der Waals surface area contributed by atoms with Gasteiger partial charge < -0.3 is 19.4 Å². The molecule has 0 aliphatic carbocycles. The third-order valence-electron chi connectivity index (χ3n) is 5.06. The van der Waals surface area contributed by atoms with Crippen molar-refractivity contribution >= 4 is 20.2 Å². The fourth-order valence-electron chi connectivity index (χ4n) is 5.35. The molecule has 43 heavy (non-hydrogen) atoms. The zero-order chi connectivity index (χ0) is 36.4. The van der Waals surface area contributed by atoms with Gasteiger partial charge in [-0.25, -0.2) is 26.3 Å². The van der Waals surface area contributed by atoms with Gasteiger partial charge in [0, 0.05) is 81.1 Å². The summed E-state index contributed by atoms with van der Waals surface area (Å²) in [6, 6.07) is 0. The average molecular weight is 684 g/mol. The van der Waals surface area contributed by atoms with E-state index in [1.54, 1.807) is 0 Å². The molecule has 0 rings (SSSR count). The Morgan fingerprint density at radius 2 is 0.442 bits per heavy atom. The minimum absolute atomic E-state index is 0.182. The maximum absolute atomic E-state index is 6.91. The number of hydrogen-bond acceptors (Lipinski definition) is 0. The second-order valence-corrected chi connectivity index (χ2v) is 20.5. The number of nitrogens with zero attached hydrogens (tertiary/aromatic N) is 4. The summed E-state index contributed by atoms with van der Waals surface area (Å²) in [5.41, 5.74) is 0.358. The van der Waals surface area contributed by atoms with Crippen LogP contribution in [0.1, 0.15) is 164 Å². The van der Waals surface area contributed by atoms with Crippen LogP contribution < -0.4 is 0 Å². The van der Waals surface area contributed by atoms with Crippen LogP contribution in [0.4, 0.5) is 0 Å². The van der Waals surface area contributed by atoms with Gasteiger partial charge in [-0.05, 0) is 21.7 Å². The second kappa shape index (κ2) is 21.0. The third kappa shape index (κ3) is 51.0. The third-order valence-corrected chi connectivity index (χ3v) is 5.06. The van der Waals surface area contributed by atoms with E-state index in [4.69, 9.17) is 46.5 Å². The van der Waals surface area contributed by atoms with Crippen LogP contribution in [0.3, 0.4) is 0 Å². The van der Waals surface area contributed by atoms with Gasteiger partial charge in [-0.3, -0.25) is 0 Å². The Morgan fingerprint density at radius 3 is 0.465 bits per heavy atom. The van der Waals surface area contributed by atoms with Crippen molar-refractivity contribution < 1.29 is 13.1 Å². The van der Waals surface area contributed by atoms with Crippen LogP contribution in [-0.4, -0.2) is 22.2 Å². The molecule has 0 saturated heterocycles. The van der Waals surface area contributed by atoms with Crippen LogP contribution in [0.5, 0.6) is 0 Å². The summed E-state index contributed by atoms with van der Waals surface area (Å²) < 4.78 is 0. The summed E-state index contributed by atoms with van der Waals surface area (Å²) in [5.74, 6) is 0. The molecular weight excluding hydrogens is 615 g/mol. The molecule has 0 N–H and O–H groups in total. The molecule has 0 unspecified atom stereocenters. The molecule has 0 aromatic carbocycles. The Bertz CT molecular complexity index is 758. The topological polar surface area (TPSA) is 17.4 Å². The molecule has 0 aliphatic rings. The van der Waals surface area contributed by atoms with Crippen molar-refractivity contribution in [2.45, 2.75) is 186 Å². The zero-order valence-electron chi connectivity index (χ0n) is 31.7. The van der Waals surface area contributed by atoms with Gasteiger partial charge in [0.2, 0.25) is 22.2 Å². The van der Waals surface area contributed by atoms with E-state index in [1.807, 2.05) is 55.4 Å². The van der Waals surface area contributed by atoms with Crippen LogP contribution in [0.2, 0.25) is 0 Å². The number of rotatable bonds is 4. The molecule has 0 aromatic heterocycles. The maximum atomic E-state index is 6.91. The molecule has 0 bridgehead atoms.